The summed E-state index contributed by atoms with van der Waals surface area (Å²) in [6, 6.07) is 7.32. The Morgan fingerprint density at radius 1 is 1.21 bits per heavy atom. The first-order valence-corrected chi connectivity index (χ1v) is 10.7. The number of amides is 4. The van der Waals surface area contributed by atoms with E-state index in [1.165, 1.54) is 12.8 Å². The maximum Gasteiger partial charge on any atom is 0.325 e. The summed E-state index contributed by atoms with van der Waals surface area (Å²) in [5.41, 5.74) is 1.01. The molecule has 2 saturated heterocycles. The van der Waals surface area contributed by atoms with Crippen molar-refractivity contribution in [2.75, 3.05) is 25.0 Å². The summed E-state index contributed by atoms with van der Waals surface area (Å²) < 4.78 is 0. The zero-order valence-electron chi connectivity index (χ0n) is 17.1. The van der Waals surface area contributed by atoms with Crippen molar-refractivity contribution in [1.29, 1.82) is 0 Å². The second kappa shape index (κ2) is 8.14. The van der Waals surface area contributed by atoms with Gasteiger partial charge in [0, 0.05) is 12.2 Å². The molecule has 2 atom stereocenters. The molecule has 4 rings (SSSR count). The van der Waals surface area contributed by atoms with E-state index in [-0.39, 0.29) is 24.3 Å². The molecular formula is C22H30N4O3. The van der Waals surface area contributed by atoms with Crippen molar-refractivity contribution < 1.29 is 14.4 Å². The summed E-state index contributed by atoms with van der Waals surface area (Å²) in [7, 11) is 0. The fraction of sp³-hybridized carbons (Fsp3) is 0.591. The van der Waals surface area contributed by atoms with Crippen LogP contribution in [0, 0.1) is 5.92 Å². The number of nitrogens with one attached hydrogen (secondary N) is 2. The average Bonchev–Trinajstić information content (AvgIpc) is 3.27. The zero-order valence-corrected chi connectivity index (χ0v) is 17.1. The van der Waals surface area contributed by atoms with Gasteiger partial charge in [-0.3, -0.25) is 19.4 Å². The number of anilines is 1. The molecule has 3 aliphatic rings. The van der Waals surface area contributed by atoms with Gasteiger partial charge in [0.2, 0.25) is 5.91 Å². The first kappa shape index (κ1) is 19.9. The molecule has 3 fully saturated rings. The number of carbonyl (C=O) groups is 3. The topological polar surface area (TPSA) is 81.8 Å². The summed E-state index contributed by atoms with van der Waals surface area (Å²) in [5, 5.41) is 5.74. The third kappa shape index (κ3) is 4.01. The molecule has 7 nitrogen and oxygen atoms in total. The van der Waals surface area contributed by atoms with Gasteiger partial charge >= 0.3 is 6.03 Å². The molecule has 1 saturated carbocycles. The molecule has 1 spiro atoms. The predicted molar refractivity (Wildman–Crippen MR) is 110 cm³/mol. The minimum atomic E-state index is -0.828. The number of hydrogen-bond acceptors (Lipinski definition) is 4. The van der Waals surface area contributed by atoms with Gasteiger partial charge in [-0.2, -0.15) is 0 Å². The number of likely N-dealkylation sites (tertiary alicyclic amines) is 1. The van der Waals surface area contributed by atoms with Crippen molar-refractivity contribution in [3.63, 3.8) is 0 Å². The molecule has 2 heterocycles. The van der Waals surface area contributed by atoms with E-state index in [1.807, 2.05) is 25.1 Å². The van der Waals surface area contributed by atoms with Crippen molar-refractivity contribution in [2.45, 2.75) is 57.5 Å². The molecule has 1 aliphatic carbocycles. The summed E-state index contributed by atoms with van der Waals surface area (Å²) in [6.45, 7) is 4.85. The van der Waals surface area contributed by atoms with Gasteiger partial charge in [-0.05, 0) is 62.4 Å². The molecule has 0 aromatic heterocycles. The van der Waals surface area contributed by atoms with E-state index in [4.69, 9.17) is 0 Å². The van der Waals surface area contributed by atoms with Crippen molar-refractivity contribution in [3.05, 3.63) is 29.8 Å². The van der Waals surface area contributed by atoms with Crippen LogP contribution in [-0.2, 0) is 16.1 Å². The Hall–Kier alpha value is -2.41. The van der Waals surface area contributed by atoms with Crippen molar-refractivity contribution in [1.82, 2.24) is 15.1 Å². The Kier molecular flexibility index (Phi) is 5.58. The van der Waals surface area contributed by atoms with Crippen LogP contribution in [0.2, 0.25) is 0 Å². The van der Waals surface area contributed by atoms with Crippen LogP contribution in [0.4, 0.5) is 10.5 Å². The van der Waals surface area contributed by atoms with Crippen LogP contribution in [0.3, 0.4) is 0 Å². The quantitative estimate of drug-likeness (QED) is 0.748. The smallest absolute Gasteiger partial charge is 0.325 e. The molecule has 7 heteroatoms. The van der Waals surface area contributed by atoms with Crippen molar-refractivity contribution in [3.8, 4) is 0 Å². The number of imide groups is 1. The third-order valence-electron chi connectivity index (χ3n) is 6.62. The summed E-state index contributed by atoms with van der Waals surface area (Å²) in [6.07, 6.45) is 6.02. The van der Waals surface area contributed by atoms with E-state index in [0.29, 0.717) is 12.1 Å². The summed E-state index contributed by atoms with van der Waals surface area (Å²) >= 11 is 0. The van der Waals surface area contributed by atoms with Crippen molar-refractivity contribution in [2.24, 2.45) is 5.92 Å². The van der Waals surface area contributed by atoms with Crippen LogP contribution in [-0.4, -0.2) is 52.8 Å². The number of nitrogens with zero attached hydrogens (tertiary/aromatic N) is 2. The molecule has 29 heavy (non-hydrogen) atoms. The number of carbonyl (C=O) groups excluding carboxylic acids is 3. The largest absolute Gasteiger partial charge is 0.325 e. The maximum atomic E-state index is 13.0. The number of urea groups is 1. The highest BCUT2D eigenvalue weighted by Crippen LogP contribution is 2.38. The Labute approximate surface area is 171 Å². The van der Waals surface area contributed by atoms with Gasteiger partial charge in [-0.25, -0.2) is 4.79 Å². The van der Waals surface area contributed by atoms with Crippen LogP contribution in [0.1, 0.15) is 51.0 Å². The van der Waals surface area contributed by atoms with Crippen LogP contribution >= 0.6 is 0 Å². The van der Waals surface area contributed by atoms with Gasteiger partial charge in [-0.1, -0.05) is 31.9 Å². The predicted octanol–water partition coefficient (Wildman–Crippen LogP) is 2.72. The Bertz CT molecular complexity index is 805. The maximum absolute atomic E-state index is 13.0. The highest BCUT2D eigenvalue weighted by Gasteiger charge is 2.55. The van der Waals surface area contributed by atoms with Crippen LogP contribution < -0.4 is 10.6 Å². The van der Waals surface area contributed by atoms with Gasteiger partial charge in [-0.15, -0.1) is 0 Å². The minimum absolute atomic E-state index is 0.0861. The lowest BCUT2D eigenvalue weighted by Gasteiger charge is -2.36. The summed E-state index contributed by atoms with van der Waals surface area (Å²) in [4.78, 5) is 41.5. The second-order valence-corrected chi connectivity index (χ2v) is 8.67. The molecule has 4 amide bonds. The normalized spacial score (nSPS) is 27.5. The van der Waals surface area contributed by atoms with Gasteiger partial charge in [0.15, 0.2) is 0 Å². The number of hydrogen-bond donors (Lipinski definition) is 2. The lowest BCUT2D eigenvalue weighted by atomic mass is 9.73. The highest BCUT2D eigenvalue weighted by molar-refractivity contribution is 6.10. The Balaban J connectivity index is 1.38. The van der Waals surface area contributed by atoms with Crippen LogP contribution in [0.5, 0.6) is 0 Å². The van der Waals surface area contributed by atoms with E-state index in [1.54, 1.807) is 0 Å². The first-order valence-electron chi connectivity index (χ1n) is 10.7. The first-order chi connectivity index (χ1) is 14.0. The SMILES string of the molecule is CC1CCCCC12NC(=O)N(CC(=O)Nc1cccc(CN3CCCC3)c1)C2=O. The number of rotatable bonds is 5. The van der Waals surface area contributed by atoms with Crippen LogP contribution in [0.25, 0.3) is 0 Å². The average molecular weight is 399 g/mol. The van der Waals surface area contributed by atoms with E-state index in [0.717, 1.165) is 49.4 Å². The van der Waals surface area contributed by atoms with E-state index in [9.17, 15) is 14.4 Å². The van der Waals surface area contributed by atoms with Gasteiger partial charge < -0.3 is 10.6 Å². The van der Waals surface area contributed by atoms with Gasteiger partial charge in [0.25, 0.3) is 5.91 Å². The highest BCUT2D eigenvalue weighted by atomic mass is 16.2. The molecular weight excluding hydrogens is 368 g/mol. The molecule has 0 radical (unpaired) electrons. The molecule has 1 aromatic rings. The lowest BCUT2D eigenvalue weighted by molar-refractivity contribution is -0.136. The van der Waals surface area contributed by atoms with Gasteiger partial charge in [0.05, 0.1) is 0 Å². The monoisotopic (exact) mass is 398 g/mol. The molecule has 1 aromatic carbocycles. The fourth-order valence-electron chi connectivity index (χ4n) is 4.93. The van der Waals surface area contributed by atoms with E-state index < -0.39 is 11.6 Å². The lowest BCUT2D eigenvalue weighted by Crippen LogP contribution is -2.54. The van der Waals surface area contributed by atoms with E-state index in [2.05, 4.69) is 21.6 Å². The molecule has 2 unspecified atom stereocenters. The molecule has 2 N–H and O–H groups in total. The Morgan fingerprint density at radius 3 is 2.76 bits per heavy atom. The van der Waals surface area contributed by atoms with E-state index >= 15 is 0 Å². The standard InChI is InChI=1S/C22H30N4O3/c1-16-7-2-3-10-22(16)20(28)26(21(29)24-22)15-19(27)23-18-9-6-8-17(13-18)14-25-11-4-5-12-25/h6,8-9,13,16H,2-5,7,10-12,14-15H2,1H3,(H,23,27)(H,24,29). The molecule has 156 valence electrons. The third-order valence-corrected chi connectivity index (χ3v) is 6.62. The van der Waals surface area contributed by atoms with Crippen molar-refractivity contribution >= 4 is 23.5 Å². The van der Waals surface area contributed by atoms with Gasteiger partial charge in [0.1, 0.15) is 12.1 Å². The zero-order chi connectivity index (χ0) is 20.4. The molecule has 0 bridgehead atoms. The number of benzene rings is 1. The Morgan fingerprint density at radius 2 is 2.00 bits per heavy atom. The second-order valence-electron chi connectivity index (χ2n) is 8.67. The molecule has 2 aliphatic heterocycles. The fourth-order valence-corrected chi connectivity index (χ4v) is 4.93. The van der Waals surface area contributed by atoms with Crippen LogP contribution in [0.15, 0.2) is 24.3 Å². The summed E-state index contributed by atoms with van der Waals surface area (Å²) in [5.74, 6) is -0.525. The minimum Gasteiger partial charge on any atom is -0.325 e.